The maximum Gasteiger partial charge on any atom is 0.212 e. The zero-order chi connectivity index (χ0) is 15.2. The Hall–Kier alpha value is -1.92. The van der Waals surface area contributed by atoms with E-state index in [0.29, 0.717) is 0 Å². The van der Waals surface area contributed by atoms with E-state index in [0.717, 1.165) is 20.9 Å². The normalized spacial score (nSPS) is 11.1. The largest absolute Gasteiger partial charge is 0.212 e. The fourth-order valence-corrected chi connectivity index (χ4v) is 2.88. The Morgan fingerprint density at radius 2 is 1.86 bits per heavy atom. The van der Waals surface area contributed by atoms with Crippen molar-refractivity contribution >= 4 is 33.9 Å². The zero-order valence-electron chi connectivity index (χ0n) is 11.6. The molecular formula is C16H13BrN4S. The lowest BCUT2D eigenvalue weighted by atomic mass is 10.2. The highest BCUT2D eigenvalue weighted by atomic mass is 79.9. The maximum atomic E-state index is 4.41. The first-order valence-electron chi connectivity index (χ1n) is 6.68. The Balaban J connectivity index is 1.68. The van der Waals surface area contributed by atoms with Gasteiger partial charge in [-0.1, -0.05) is 70.2 Å². The van der Waals surface area contributed by atoms with Gasteiger partial charge in [-0.25, -0.2) is 0 Å². The van der Waals surface area contributed by atoms with Crippen molar-refractivity contribution in [3.63, 3.8) is 0 Å². The van der Waals surface area contributed by atoms with Crippen molar-refractivity contribution in [2.75, 3.05) is 0 Å². The van der Waals surface area contributed by atoms with E-state index < -0.39 is 0 Å². The highest BCUT2D eigenvalue weighted by Gasteiger charge is 2.04. The van der Waals surface area contributed by atoms with Crippen LogP contribution in [0.25, 0.3) is 0 Å². The highest BCUT2D eigenvalue weighted by Crippen LogP contribution is 2.20. The Labute approximate surface area is 141 Å². The summed E-state index contributed by atoms with van der Waals surface area (Å²) in [6.07, 6.45) is 3.41. The lowest BCUT2D eigenvalue weighted by Gasteiger charge is -2.01. The van der Waals surface area contributed by atoms with E-state index in [4.69, 9.17) is 0 Å². The summed E-state index contributed by atoms with van der Waals surface area (Å²) in [5.41, 5.74) is 2.27. The molecule has 110 valence electrons. The van der Waals surface area contributed by atoms with Gasteiger partial charge in [0.15, 0.2) is 0 Å². The molecule has 0 aliphatic rings. The van der Waals surface area contributed by atoms with E-state index in [1.807, 2.05) is 42.5 Å². The lowest BCUT2D eigenvalue weighted by Crippen LogP contribution is -1.92. The van der Waals surface area contributed by atoms with Crippen molar-refractivity contribution in [2.24, 2.45) is 5.10 Å². The van der Waals surface area contributed by atoms with E-state index in [-0.39, 0.29) is 0 Å². The van der Waals surface area contributed by atoms with Crippen molar-refractivity contribution in [3.8, 4) is 0 Å². The molecule has 0 aliphatic heterocycles. The molecule has 4 nitrogen and oxygen atoms in total. The van der Waals surface area contributed by atoms with Crippen LogP contribution in [0.15, 0.2) is 75.7 Å². The van der Waals surface area contributed by atoms with Gasteiger partial charge in [0.25, 0.3) is 0 Å². The number of nitrogens with zero attached hydrogens (tertiary/aromatic N) is 4. The molecule has 0 aliphatic carbocycles. The Morgan fingerprint density at radius 1 is 1.09 bits per heavy atom. The van der Waals surface area contributed by atoms with Gasteiger partial charge >= 0.3 is 0 Å². The monoisotopic (exact) mass is 372 g/mol. The third-order valence-electron chi connectivity index (χ3n) is 2.91. The van der Waals surface area contributed by atoms with Gasteiger partial charge in [0.2, 0.25) is 5.16 Å². The van der Waals surface area contributed by atoms with Crippen LogP contribution >= 0.6 is 27.7 Å². The molecule has 0 unspecified atom stereocenters. The van der Waals surface area contributed by atoms with Crippen LogP contribution in [0, 0.1) is 0 Å². The minimum absolute atomic E-state index is 0.775. The second kappa shape index (κ2) is 7.38. The van der Waals surface area contributed by atoms with Crippen molar-refractivity contribution < 1.29 is 0 Å². The average molecular weight is 373 g/mol. The fraction of sp³-hybridized carbons (Fsp3) is 0.0625. The second-order valence-electron chi connectivity index (χ2n) is 4.53. The molecule has 22 heavy (non-hydrogen) atoms. The highest BCUT2D eigenvalue weighted by molar-refractivity contribution is 9.10. The molecule has 0 N–H and O–H groups in total. The summed E-state index contributed by atoms with van der Waals surface area (Å²) in [4.78, 5) is 0. The van der Waals surface area contributed by atoms with Gasteiger partial charge in [0.05, 0.1) is 6.21 Å². The number of aromatic nitrogens is 3. The molecule has 3 rings (SSSR count). The molecule has 0 amide bonds. The van der Waals surface area contributed by atoms with Crippen LogP contribution in [-0.4, -0.2) is 21.1 Å². The number of hydrogen-bond acceptors (Lipinski definition) is 4. The van der Waals surface area contributed by atoms with Gasteiger partial charge in [0.1, 0.15) is 6.33 Å². The molecule has 0 bridgehead atoms. The predicted molar refractivity (Wildman–Crippen MR) is 93.2 cm³/mol. The third kappa shape index (κ3) is 4.05. The molecule has 0 atom stereocenters. The quantitative estimate of drug-likeness (QED) is 0.497. The molecular weight excluding hydrogens is 360 g/mol. The molecule has 0 saturated carbocycles. The van der Waals surface area contributed by atoms with Crippen LogP contribution in [0.3, 0.4) is 0 Å². The van der Waals surface area contributed by atoms with E-state index in [2.05, 4.69) is 43.4 Å². The lowest BCUT2D eigenvalue weighted by molar-refractivity contribution is 0.767. The molecule has 0 spiro atoms. The zero-order valence-corrected chi connectivity index (χ0v) is 14.0. The van der Waals surface area contributed by atoms with Crippen molar-refractivity contribution in [2.45, 2.75) is 10.9 Å². The van der Waals surface area contributed by atoms with Gasteiger partial charge < -0.3 is 0 Å². The summed E-state index contributed by atoms with van der Waals surface area (Å²) in [6, 6.07) is 18.2. The molecule has 0 fully saturated rings. The first-order chi connectivity index (χ1) is 10.8. The van der Waals surface area contributed by atoms with Gasteiger partial charge in [-0.3, -0.25) is 0 Å². The summed E-state index contributed by atoms with van der Waals surface area (Å²) in [5, 5.41) is 13.2. The van der Waals surface area contributed by atoms with Gasteiger partial charge in [0, 0.05) is 10.2 Å². The molecule has 6 heteroatoms. The van der Waals surface area contributed by atoms with Crippen LogP contribution in [-0.2, 0) is 5.75 Å². The van der Waals surface area contributed by atoms with E-state index in [9.17, 15) is 0 Å². The fourth-order valence-electron chi connectivity index (χ4n) is 1.79. The summed E-state index contributed by atoms with van der Waals surface area (Å²) >= 11 is 5.03. The SMILES string of the molecule is Brc1ccc(C=Nn2cnnc2SCc2ccccc2)cc1. The van der Waals surface area contributed by atoms with Crippen LogP contribution in [0.2, 0.25) is 0 Å². The maximum absolute atomic E-state index is 4.41. The summed E-state index contributed by atoms with van der Waals surface area (Å²) in [5.74, 6) is 0.841. The third-order valence-corrected chi connectivity index (χ3v) is 4.45. The summed E-state index contributed by atoms with van der Waals surface area (Å²) < 4.78 is 2.74. The van der Waals surface area contributed by atoms with Crippen molar-refractivity contribution in [1.29, 1.82) is 0 Å². The number of benzene rings is 2. The molecule has 0 radical (unpaired) electrons. The first kappa shape index (κ1) is 15.0. The van der Waals surface area contributed by atoms with E-state index >= 15 is 0 Å². The van der Waals surface area contributed by atoms with Crippen molar-refractivity contribution in [3.05, 3.63) is 76.5 Å². The van der Waals surface area contributed by atoms with Crippen LogP contribution in [0.5, 0.6) is 0 Å². The molecule has 1 aromatic heterocycles. The van der Waals surface area contributed by atoms with Gasteiger partial charge in [-0.15, -0.1) is 10.2 Å². The standard InChI is InChI=1S/C16H13BrN4S/c17-15-8-6-13(7-9-15)10-19-21-12-18-20-16(21)22-11-14-4-2-1-3-5-14/h1-10,12H,11H2. The minimum Gasteiger partial charge on any atom is -0.195 e. The number of hydrogen-bond donors (Lipinski definition) is 0. The van der Waals surface area contributed by atoms with E-state index in [1.54, 1.807) is 29.0 Å². The van der Waals surface area contributed by atoms with E-state index in [1.165, 1.54) is 5.56 Å². The topological polar surface area (TPSA) is 43.1 Å². The smallest absolute Gasteiger partial charge is 0.195 e. The first-order valence-corrected chi connectivity index (χ1v) is 8.46. The Kier molecular flexibility index (Phi) is 5.03. The Morgan fingerprint density at radius 3 is 2.64 bits per heavy atom. The van der Waals surface area contributed by atoms with Crippen LogP contribution < -0.4 is 0 Å². The number of thioether (sulfide) groups is 1. The van der Waals surface area contributed by atoms with Crippen LogP contribution in [0.4, 0.5) is 0 Å². The van der Waals surface area contributed by atoms with Gasteiger partial charge in [-0.05, 0) is 23.3 Å². The second-order valence-corrected chi connectivity index (χ2v) is 6.39. The number of rotatable bonds is 5. The molecule has 1 heterocycles. The van der Waals surface area contributed by atoms with Gasteiger partial charge in [-0.2, -0.15) is 9.78 Å². The average Bonchev–Trinajstić information content (AvgIpc) is 3.01. The minimum atomic E-state index is 0.775. The molecule has 0 saturated heterocycles. The van der Waals surface area contributed by atoms with Crippen LogP contribution in [0.1, 0.15) is 11.1 Å². The number of halogens is 1. The molecule has 2 aromatic carbocycles. The summed E-state index contributed by atoms with van der Waals surface area (Å²) in [6.45, 7) is 0. The summed E-state index contributed by atoms with van der Waals surface area (Å²) in [7, 11) is 0. The molecule has 3 aromatic rings. The predicted octanol–water partition coefficient (Wildman–Crippen LogP) is 4.22. The van der Waals surface area contributed by atoms with Crippen molar-refractivity contribution in [1.82, 2.24) is 14.9 Å². The Bertz CT molecular complexity index is 753.